The Morgan fingerprint density at radius 1 is 1.62 bits per heavy atom. The molecule has 0 amide bonds. The Morgan fingerprint density at radius 2 is 2.50 bits per heavy atom. The summed E-state index contributed by atoms with van der Waals surface area (Å²) in [7, 11) is 2.03. The Labute approximate surface area is 101 Å². The highest BCUT2D eigenvalue weighted by Crippen LogP contribution is 2.33. The molecule has 0 radical (unpaired) electrons. The van der Waals surface area contributed by atoms with Crippen LogP contribution < -0.4 is 5.32 Å². The highest BCUT2D eigenvalue weighted by atomic mass is 32.1. The number of aryl methyl sites for hydroxylation is 2. The molecule has 2 heterocycles. The lowest BCUT2D eigenvalue weighted by atomic mass is 9.82. The molecule has 1 aliphatic rings. The second kappa shape index (κ2) is 5.25. The SMILES string of the molecule is CNCC1(CCc2scnc2C)CCOC1. The molecule has 16 heavy (non-hydrogen) atoms. The van der Waals surface area contributed by atoms with E-state index in [1.807, 2.05) is 12.6 Å². The minimum absolute atomic E-state index is 0.352. The van der Waals surface area contributed by atoms with Crippen molar-refractivity contribution in [1.82, 2.24) is 10.3 Å². The van der Waals surface area contributed by atoms with Gasteiger partial charge in [0.05, 0.1) is 17.8 Å². The summed E-state index contributed by atoms with van der Waals surface area (Å²) in [6.07, 6.45) is 3.53. The van der Waals surface area contributed by atoms with Crippen molar-refractivity contribution in [2.75, 3.05) is 26.8 Å². The molecule has 1 atom stereocenters. The number of aromatic nitrogens is 1. The van der Waals surface area contributed by atoms with Gasteiger partial charge in [-0.1, -0.05) is 0 Å². The summed E-state index contributed by atoms with van der Waals surface area (Å²) in [5, 5.41) is 3.30. The van der Waals surface area contributed by atoms with Gasteiger partial charge in [-0.15, -0.1) is 11.3 Å². The molecule has 4 heteroatoms. The second-order valence-electron chi connectivity index (χ2n) is 4.69. The fourth-order valence-corrected chi connectivity index (χ4v) is 3.18. The first-order valence-electron chi connectivity index (χ1n) is 5.87. The van der Waals surface area contributed by atoms with Gasteiger partial charge in [-0.3, -0.25) is 0 Å². The number of thiazole rings is 1. The zero-order valence-corrected chi connectivity index (χ0v) is 10.9. The van der Waals surface area contributed by atoms with Crippen LogP contribution in [-0.4, -0.2) is 31.8 Å². The Bertz CT molecular complexity index is 332. The van der Waals surface area contributed by atoms with Crippen LogP contribution in [-0.2, 0) is 11.2 Å². The third-order valence-corrected chi connectivity index (χ3v) is 4.46. The number of rotatable bonds is 5. The number of ether oxygens (including phenoxy) is 1. The molecule has 1 unspecified atom stereocenters. The van der Waals surface area contributed by atoms with Crippen molar-refractivity contribution in [1.29, 1.82) is 0 Å². The first-order chi connectivity index (χ1) is 7.76. The van der Waals surface area contributed by atoms with Crippen molar-refractivity contribution in [3.63, 3.8) is 0 Å². The number of hydrogen-bond donors (Lipinski definition) is 1. The van der Waals surface area contributed by atoms with Gasteiger partial charge in [0.25, 0.3) is 0 Å². The van der Waals surface area contributed by atoms with E-state index >= 15 is 0 Å². The summed E-state index contributed by atoms with van der Waals surface area (Å²) >= 11 is 1.78. The summed E-state index contributed by atoms with van der Waals surface area (Å²) < 4.78 is 5.56. The van der Waals surface area contributed by atoms with Crippen molar-refractivity contribution in [2.45, 2.75) is 26.2 Å². The highest BCUT2D eigenvalue weighted by molar-refractivity contribution is 7.09. The molecule has 0 bridgehead atoms. The van der Waals surface area contributed by atoms with Gasteiger partial charge in [0.15, 0.2) is 0 Å². The molecule has 1 fully saturated rings. The van der Waals surface area contributed by atoms with Gasteiger partial charge in [-0.05, 0) is 33.2 Å². The van der Waals surface area contributed by atoms with Crippen molar-refractivity contribution >= 4 is 11.3 Å². The van der Waals surface area contributed by atoms with E-state index in [2.05, 4.69) is 17.2 Å². The average molecular weight is 240 g/mol. The third-order valence-electron chi connectivity index (χ3n) is 3.46. The predicted octanol–water partition coefficient (Wildman–Crippen LogP) is 2.01. The van der Waals surface area contributed by atoms with E-state index in [-0.39, 0.29) is 0 Å². The smallest absolute Gasteiger partial charge is 0.0797 e. The Kier molecular flexibility index (Phi) is 3.95. The lowest BCUT2D eigenvalue weighted by Crippen LogP contribution is -2.33. The fourth-order valence-electron chi connectivity index (χ4n) is 2.39. The molecular weight excluding hydrogens is 220 g/mol. The summed E-state index contributed by atoms with van der Waals surface area (Å²) in [4.78, 5) is 5.73. The van der Waals surface area contributed by atoms with Crippen LogP contribution >= 0.6 is 11.3 Å². The van der Waals surface area contributed by atoms with Crippen LogP contribution in [0.1, 0.15) is 23.4 Å². The second-order valence-corrected chi connectivity index (χ2v) is 5.63. The van der Waals surface area contributed by atoms with Gasteiger partial charge in [0, 0.05) is 23.4 Å². The lowest BCUT2D eigenvalue weighted by molar-refractivity contribution is 0.145. The van der Waals surface area contributed by atoms with E-state index in [4.69, 9.17) is 4.74 Å². The minimum atomic E-state index is 0.352. The number of nitrogens with zero attached hydrogens (tertiary/aromatic N) is 1. The van der Waals surface area contributed by atoms with Gasteiger partial charge in [0.1, 0.15) is 0 Å². The van der Waals surface area contributed by atoms with Crippen LogP contribution in [0.25, 0.3) is 0 Å². The molecule has 0 aliphatic carbocycles. The van der Waals surface area contributed by atoms with Crippen LogP contribution in [0.3, 0.4) is 0 Å². The summed E-state index contributed by atoms with van der Waals surface area (Å²) in [6.45, 7) is 4.99. The van der Waals surface area contributed by atoms with E-state index in [0.717, 1.165) is 26.2 Å². The molecule has 1 aliphatic heterocycles. The molecule has 90 valence electrons. The van der Waals surface area contributed by atoms with Crippen molar-refractivity contribution in [3.05, 3.63) is 16.1 Å². The van der Waals surface area contributed by atoms with Crippen LogP contribution in [0, 0.1) is 12.3 Å². The summed E-state index contributed by atoms with van der Waals surface area (Å²) in [6, 6.07) is 0. The van der Waals surface area contributed by atoms with E-state index in [1.165, 1.54) is 23.4 Å². The predicted molar refractivity (Wildman–Crippen MR) is 67.0 cm³/mol. The zero-order valence-electron chi connectivity index (χ0n) is 10.1. The Balaban J connectivity index is 1.94. The molecule has 0 spiro atoms. The van der Waals surface area contributed by atoms with Gasteiger partial charge < -0.3 is 10.1 Å². The molecule has 3 nitrogen and oxygen atoms in total. The first-order valence-corrected chi connectivity index (χ1v) is 6.75. The number of hydrogen-bond acceptors (Lipinski definition) is 4. The zero-order chi connectivity index (χ0) is 11.4. The van der Waals surface area contributed by atoms with Crippen molar-refractivity contribution in [2.24, 2.45) is 5.41 Å². The van der Waals surface area contributed by atoms with Crippen LogP contribution in [0.15, 0.2) is 5.51 Å². The maximum Gasteiger partial charge on any atom is 0.0797 e. The normalized spacial score (nSPS) is 25.1. The minimum Gasteiger partial charge on any atom is -0.381 e. The molecule has 0 saturated carbocycles. The van der Waals surface area contributed by atoms with Gasteiger partial charge in [0.2, 0.25) is 0 Å². The van der Waals surface area contributed by atoms with Crippen LogP contribution in [0.5, 0.6) is 0 Å². The van der Waals surface area contributed by atoms with Crippen molar-refractivity contribution in [3.8, 4) is 0 Å². The largest absolute Gasteiger partial charge is 0.381 e. The van der Waals surface area contributed by atoms with E-state index < -0.39 is 0 Å². The standard InChI is InChI=1S/C12H20N2OS/c1-10-11(16-9-14-10)3-4-12(7-13-2)5-6-15-8-12/h9,13H,3-8H2,1-2H3. The maximum atomic E-state index is 5.56. The van der Waals surface area contributed by atoms with Crippen molar-refractivity contribution < 1.29 is 4.74 Å². The average Bonchev–Trinajstić information content (AvgIpc) is 2.86. The Hall–Kier alpha value is -0.450. The Morgan fingerprint density at radius 3 is 3.06 bits per heavy atom. The fraction of sp³-hybridized carbons (Fsp3) is 0.750. The molecular formula is C12H20N2OS. The quantitative estimate of drug-likeness (QED) is 0.855. The monoisotopic (exact) mass is 240 g/mol. The van der Waals surface area contributed by atoms with E-state index in [1.54, 1.807) is 11.3 Å². The first kappa shape index (κ1) is 12.0. The summed E-state index contributed by atoms with van der Waals surface area (Å²) in [5.41, 5.74) is 3.50. The van der Waals surface area contributed by atoms with Gasteiger partial charge >= 0.3 is 0 Å². The van der Waals surface area contributed by atoms with E-state index in [0.29, 0.717) is 5.41 Å². The molecule has 1 N–H and O–H groups in total. The van der Waals surface area contributed by atoms with Gasteiger partial charge in [-0.25, -0.2) is 4.98 Å². The molecule has 1 aromatic heterocycles. The molecule has 0 aromatic carbocycles. The molecule has 1 saturated heterocycles. The molecule has 2 rings (SSSR count). The maximum absolute atomic E-state index is 5.56. The highest BCUT2D eigenvalue weighted by Gasteiger charge is 2.33. The summed E-state index contributed by atoms with van der Waals surface area (Å²) in [5.74, 6) is 0. The van der Waals surface area contributed by atoms with E-state index in [9.17, 15) is 0 Å². The van der Waals surface area contributed by atoms with Crippen LogP contribution in [0.4, 0.5) is 0 Å². The van der Waals surface area contributed by atoms with Gasteiger partial charge in [-0.2, -0.15) is 0 Å². The topological polar surface area (TPSA) is 34.2 Å². The molecule has 1 aromatic rings. The van der Waals surface area contributed by atoms with Crippen LogP contribution in [0.2, 0.25) is 0 Å². The number of nitrogens with one attached hydrogen (secondary N) is 1. The lowest BCUT2D eigenvalue weighted by Gasteiger charge is -2.26. The third kappa shape index (κ3) is 2.62.